The number of fused-ring (bicyclic) bond motifs is 1. The number of Topliss-reactive ketones (excluding diaryl/α,β-unsaturated/α-hetero) is 1. The summed E-state index contributed by atoms with van der Waals surface area (Å²) >= 11 is 1.84. The number of piperidine rings is 1. The number of carbonyl (C=O) groups excluding carboxylic acids is 1. The number of carbonyl (C=O) groups is 1. The summed E-state index contributed by atoms with van der Waals surface area (Å²) in [6, 6.07) is 14.2. The molecule has 1 aliphatic rings. The van der Waals surface area contributed by atoms with Crippen LogP contribution in [0.25, 0.3) is 10.2 Å². The smallest absolute Gasteiger partial charge is 0.159 e. The maximum atomic E-state index is 11.8. The number of hydrogen-bond donors (Lipinski definition) is 0. The number of benzene rings is 2. The van der Waals surface area contributed by atoms with Crippen LogP contribution in [-0.4, -0.2) is 35.4 Å². The van der Waals surface area contributed by atoms with Gasteiger partial charge in [-0.3, -0.25) is 9.69 Å². The Hall–Kier alpha value is -2.24. The molecule has 0 spiro atoms. The zero-order chi connectivity index (χ0) is 19.5. The number of thiazole rings is 1. The molecule has 2 heterocycles. The molecule has 5 heteroatoms. The van der Waals surface area contributed by atoms with Crippen molar-refractivity contribution in [3.63, 3.8) is 0 Å². The SMILES string of the molecule is CCOc1ccc(C(C)=O)cc1CN1CCC(c2nc3ccccc3s2)CC1. The average Bonchev–Trinajstić information content (AvgIpc) is 3.14. The molecule has 2 aromatic carbocycles. The van der Waals surface area contributed by atoms with Crippen molar-refractivity contribution in [1.29, 1.82) is 0 Å². The number of likely N-dealkylation sites (tertiary alicyclic amines) is 1. The van der Waals surface area contributed by atoms with E-state index in [4.69, 9.17) is 9.72 Å². The lowest BCUT2D eigenvalue weighted by Gasteiger charge is -2.31. The lowest BCUT2D eigenvalue weighted by Crippen LogP contribution is -2.32. The molecule has 0 amide bonds. The molecule has 3 aromatic rings. The molecule has 1 saturated heterocycles. The van der Waals surface area contributed by atoms with Gasteiger partial charge in [-0.2, -0.15) is 0 Å². The van der Waals surface area contributed by atoms with Crippen molar-refractivity contribution in [1.82, 2.24) is 9.88 Å². The average molecular weight is 395 g/mol. The normalized spacial score (nSPS) is 15.8. The molecule has 0 N–H and O–H groups in total. The zero-order valence-electron chi connectivity index (χ0n) is 16.5. The van der Waals surface area contributed by atoms with E-state index in [0.29, 0.717) is 12.5 Å². The summed E-state index contributed by atoms with van der Waals surface area (Å²) < 4.78 is 7.07. The Morgan fingerprint density at radius 3 is 2.71 bits per heavy atom. The number of ketones is 1. The third kappa shape index (κ3) is 4.10. The summed E-state index contributed by atoms with van der Waals surface area (Å²) in [5, 5.41) is 1.27. The highest BCUT2D eigenvalue weighted by Crippen LogP contribution is 2.34. The maximum Gasteiger partial charge on any atom is 0.159 e. The molecule has 0 aliphatic carbocycles. The van der Waals surface area contributed by atoms with Crippen LogP contribution in [0.15, 0.2) is 42.5 Å². The van der Waals surface area contributed by atoms with E-state index in [9.17, 15) is 4.79 Å². The van der Waals surface area contributed by atoms with Crippen LogP contribution in [0.2, 0.25) is 0 Å². The van der Waals surface area contributed by atoms with Crippen LogP contribution in [0.1, 0.15) is 53.5 Å². The third-order valence-electron chi connectivity index (χ3n) is 5.41. The fourth-order valence-corrected chi connectivity index (χ4v) is 5.00. The quantitative estimate of drug-likeness (QED) is 0.534. The first-order valence-electron chi connectivity index (χ1n) is 9.98. The summed E-state index contributed by atoms with van der Waals surface area (Å²) in [7, 11) is 0. The van der Waals surface area contributed by atoms with Gasteiger partial charge in [-0.05, 0) is 70.1 Å². The van der Waals surface area contributed by atoms with Crippen LogP contribution < -0.4 is 4.74 Å². The summed E-state index contributed by atoms with van der Waals surface area (Å²) in [5.74, 6) is 1.53. The Labute approximate surface area is 170 Å². The van der Waals surface area contributed by atoms with Gasteiger partial charge in [-0.15, -0.1) is 11.3 Å². The van der Waals surface area contributed by atoms with E-state index >= 15 is 0 Å². The first kappa shape index (κ1) is 19.1. The monoisotopic (exact) mass is 394 g/mol. The highest BCUT2D eigenvalue weighted by Gasteiger charge is 2.24. The molecular formula is C23H26N2O2S. The lowest BCUT2D eigenvalue weighted by atomic mass is 9.97. The minimum atomic E-state index is 0.0962. The Morgan fingerprint density at radius 1 is 1.21 bits per heavy atom. The van der Waals surface area contributed by atoms with Gasteiger partial charge in [0.2, 0.25) is 0 Å². The molecule has 4 nitrogen and oxygen atoms in total. The van der Waals surface area contributed by atoms with E-state index in [-0.39, 0.29) is 5.78 Å². The minimum Gasteiger partial charge on any atom is -0.494 e. The van der Waals surface area contributed by atoms with Crippen LogP contribution in [0.4, 0.5) is 0 Å². The van der Waals surface area contributed by atoms with Gasteiger partial charge in [0.1, 0.15) is 5.75 Å². The second-order valence-electron chi connectivity index (χ2n) is 7.38. The van der Waals surface area contributed by atoms with Crippen LogP contribution in [0, 0.1) is 0 Å². The van der Waals surface area contributed by atoms with E-state index in [1.54, 1.807) is 6.92 Å². The van der Waals surface area contributed by atoms with Gasteiger partial charge in [0.15, 0.2) is 5.78 Å². The predicted molar refractivity (Wildman–Crippen MR) is 114 cm³/mol. The second kappa shape index (κ2) is 8.41. The van der Waals surface area contributed by atoms with Crippen molar-refractivity contribution in [3.8, 4) is 5.75 Å². The first-order chi connectivity index (χ1) is 13.6. The molecule has 0 bridgehead atoms. The van der Waals surface area contributed by atoms with Crippen LogP contribution in [-0.2, 0) is 6.54 Å². The highest BCUT2D eigenvalue weighted by molar-refractivity contribution is 7.18. The van der Waals surface area contributed by atoms with Crippen LogP contribution in [0.5, 0.6) is 5.75 Å². The summed E-state index contributed by atoms with van der Waals surface area (Å²) in [6.45, 7) is 7.14. The first-order valence-corrected chi connectivity index (χ1v) is 10.8. The molecule has 1 fully saturated rings. The number of rotatable bonds is 6. The molecule has 0 saturated carbocycles. The number of hydrogen-bond acceptors (Lipinski definition) is 5. The van der Waals surface area contributed by atoms with E-state index < -0.39 is 0 Å². The van der Waals surface area contributed by atoms with E-state index in [0.717, 1.165) is 54.9 Å². The summed E-state index contributed by atoms with van der Waals surface area (Å²) in [6.07, 6.45) is 2.24. The Bertz CT molecular complexity index is 941. The molecule has 1 aromatic heterocycles. The van der Waals surface area contributed by atoms with E-state index in [2.05, 4.69) is 29.2 Å². The largest absolute Gasteiger partial charge is 0.494 e. The van der Waals surface area contributed by atoms with Gasteiger partial charge < -0.3 is 4.74 Å². The van der Waals surface area contributed by atoms with Crippen molar-refractivity contribution in [3.05, 3.63) is 58.6 Å². The molecule has 0 radical (unpaired) electrons. The molecule has 4 rings (SSSR count). The standard InChI is InChI=1S/C23H26N2O2S/c1-3-27-21-9-8-18(16(2)26)14-19(21)15-25-12-10-17(11-13-25)23-24-20-6-4-5-7-22(20)28-23/h4-9,14,17H,3,10-13,15H2,1-2H3. The molecule has 0 unspecified atom stereocenters. The van der Waals surface area contributed by atoms with E-state index in [1.807, 2.05) is 36.5 Å². The van der Waals surface area contributed by atoms with Gasteiger partial charge in [-0.1, -0.05) is 12.1 Å². The minimum absolute atomic E-state index is 0.0962. The molecule has 146 valence electrons. The van der Waals surface area contributed by atoms with Crippen molar-refractivity contribution >= 4 is 27.3 Å². The van der Waals surface area contributed by atoms with Gasteiger partial charge in [0.25, 0.3) is 0 Å². The third-order valence-corrected chi connectivity index (χ3v) is 6.61. The number of nitrogens with zero attached hydrogens (tertiary/aromatic N) is 2. The highest BCUT2D eigenvalue weighted by atomic mass is 32.1. The second-order valence-corrected chi connectivity index (χ2v) is 8.44. The number of para-hydroxylation sites is 1. The Kier molecular flexibility index (Phi) is 5.74. The van der Waals surface area contributed by atoms with Gasteiger partial charge in [0, 0.05) is 23.6 Å². The molecule has 28 heavy (non-hydrogen) atoms. The Balaban J connectivity index is 1.44. The molecular weight excluding hydrogens is 368 g/mol. The fraction of sp³-hybridized carbons (Fsp3) is 0.391. The Morgan fingerprint density at radius 2 is 2.00 bits per heavy atom. The fourth-order valence-electron chi connectivity index (χ4n) is 3.86. The molecule has 1 aliphatic heterocycles. The number of ether oxygens (including phenoxy) is 1. The number of aromatic nitrogens is 1. The summed E-state index contributed by atoms with van der Waals surface area (Å²) in [5.41, 5.74) is 2.98. The van der Waals surface area contributed by atoms with Gasteiger partial charge in [0.05, 0.1) is 21.8 Å². The topological polar surface area (TPSA) is 42.4 Å². The van der Waals surface area contributed by atoms with Crippen molar-refractivity contribution in [2.75, 3.05) is 19.7 Å². The van der Waals surface area contributed by atoms with Gasteiger partial charge in [-0.25, -0.2) is 4.98 Å². The van der Waals surface area contributed by atoms with E-state index in [1.165, 1.54) is 9.71 Å². The van der Waals surface area contributed by atoms with Crippen molar-refractivity contribution in [2.45, 2.75) is 39.2 Å². The summed E-state index contributed by atoms with van der Waals surface area (Å²) in [4.78, 5) is 19.1. The van der Waals surface area contributed by atoms with Crippen molar-refractivity contribution < 1.29 is 9.53 Å². The van der Waals surface area contributed by atoms with Crippen LogP contribution >= 0.6 is 11.3 Å². The molecule has 0 atom stereocenters. The predicted octanol–water partition coefficient (Wildman–Crippen LogP) is 5.28. The van der Waals surface area contributed by atoms with Gasteiger partial charge >= 0.3 is 0 Å². The maximum absolute atomic E-state index is 11.8. The van der Waals surface area contributed by atoms with Crippen molar-refractivity contribution in [2.24, 2.45) is 0 Å². The lowest BCUT2D eigenvalue weighted by molar-refractivity contribution is 0.101. The van der Waals surface area contributed by atoms with Crippen LogP contribution in [0.3, 0.4) is 0 Å². The zero-order valence-corrected chi connectivity index (χ0v) is 17.3.